The fraction of sp³-hybridized carbons (Fsp3) is 0.560. The molecule has 0 unspecified atom stereocenters. The molecule has 2 fully saturated rings. The molecule has 3 rings (SSSR count). The second-order valence-corrected chi connectivity index (χ2v) is 10.6. The van der Waals surface area contributed by atoms with Crippen LogP contribution in [0.25, 0.3) is 0 Å². The third kappa shape index (κ3) is 7.18. The van der Waals surface area contributed by atoms with Crippen molar-refractivity contribution in [3.05, 3.63) is 35.9 Å². The van der Waals surface area contributed by atoms with Gasteiger partial charge in [-0.1, -0.05) is 37.3 Å². The molecule has 0 bridgehead atoms. The molecule has 12 nitrogen and oxygen atoms in total. The van der Waals surface area contributed by atoms with E-state index in [2.05, 4.69) is 21.3 Å². The van der Waals surface area contributed by atoms with E-state index in [0.717, 1.165) is 4.90 Å². The smallest absolute Gasteiger partial charge is 0.248 e. The summed E-state index contributed by atoms with van der Waals surface area (Å²) in [7, 11) is 0. The van der Waals surface area contributed by atoms with Gasteiger partial charge in [-0.25, -0.2) is 0 Å². The highest BCUT2D eigenvalue weighted by molar-refractivity contribution is 6.32. The van der Waals surface area contributed by atoms with Crippen molar-refractivity contribution < 1.29 is 34.2 Å². The van der Waals surface area contributed by atoms with Gasteiger partial charge >= 0.3 is 0 Å². The molecule has 0 aromatic heterocycles. The molecule has 0 spiro atoms. The molecule has 2 aliphatic heterocycles. The largest absolute Gasteiger partial charge is 0.394 e. The first-order valence-corrected chi connectivity index (χ1v) is 13.5. The Hall–Kier alpha value is -2.93. The lowest BCUT2D eigenvalue weighted by atomic mass is 10.0. The minimum Gasteiger partial charge on any atom is -0.394 e. The van der Waals surface area contributed by atoms with Crippen molar-refractivity contribution in [1.82, 2.24) is 26.2 Å². The second-order valence-electron chi connectivity index (χ2n) is 9.57. The van der Waals surface area contributed by atoms with E-state index in [-0.39, 0.29) is 19.4 Å². The normalized spacial score (nSPS) is 32.0. The van der Waals surface area contributed by atoms with Gasteiger partial charge in [0, 0.05) is 6.54 Å². The molecular weight excluding hydrogens is 553 g/mol. The van der Waals surface area contributed by atoms with Gasteiger partial charge in [0.25, 0.3) is 0 Å². The second kappa shape index (κ2) is 13.4. The Bertz CT molecular complexity index is 1080. The van der Waals surface area contributed by atoms with Crippen LogP contribution in [0.5, 0.6) is 0 Å². The Morgan fingerprint density at radius 2 is 1.56 bits per heavy atom. The fourth-order valence-electron chi connectivity index (χ4n) is 4.56. The number of aliphatic hydroxyl groups excluding tert-OH is 2. The highest BCUT2D eigenvalue weighted by Crippen LogP contribution is 2.29. The van der Waals surface area contributed by atoms with Gasteiger partial charge in [-0.2, -0.15) is 0 Å². The zero-order valence-corrected chi connectivity index (χ0v) is 23.0. The third-order valence-electron chi connectivity index (χ3n) is 6.74. The van der Waals surface area contributed by atoms with Crippen LogP contribution in [0, 0.1) is 0 Å². The average molecular weight is 586 g/mol. The predicted octanol–water partition coefficient (Wildman–Crippen LogP) is -1.09. The van der Waals surface area contributed by atoms with E-state index < -0.39 is 83.2 Å². The van der Waals surface area contributed by atoms with Gasteiger partial charge in [0.2, 0.25) is 29.5 Å². The number of carbonyl (C=O) groups excluding carboxylic acids is 5. The maximum absolute atomic E-state index is 13.5. The highest BCUT2D eigenvalue weighted by Gasteiger charge is 2.49. The van der Waals surface area contributed by atoms with Gasteiger partial charge in [0.05, 0.1) is 35.9 Å². The third-order valence-corrected chi connectivity index (χ3v) is 7.82. The molecule has 6 N–H and O–H groups in total. The zero-order valence-electron chi connectivity index (χ0n) is 21.5. The topological polar surface area (TPSA) is 177 Å². The summed E-state index contributed by atoms with van der Waals surface area (Å²) in [6.07, 6.45) is -1.57. The van der Waals surface area contributed by atoms with Crippen molar-refractivity contribution in [2.75, 3.05) is 13.2 Å². The van der Waals surface area contributed by atoms with Crippen LogP contribution in [0.3, 0.4) is 0 Å². The molecular formula is C25H33Cl2N5O7. The number of aliphatic hydroxyl groups is 2. The summed E-state index contributed by atoms with van der Waals surface area (Å²) in [5.74, 6) is -3.75. The number of halogens is 2. The summed E-state index contributed by atoms with van der Waals surface area (Å²) in [5.41, 5.74) is 0.554. The number of benzene rings is 1. The Kier molecular flexibility index (Phi) is 10.5. The number of hydrogen-bond donors (Lipinski definition) is 6. The quantitative estimate of drug-likeness (QED) is 0.243. The molecule has 1 aromatic rings. The summed E-state index contributed by atoms with van der Waals surface area (Å²) in [4.78, 5) is 67.0. The van der Waals surface area contributed by atoms with Gasteiger partial charge < -0.3 is 36.4 Å². The lowest BCUT2D eigenvalue weighted by Gasteiger charge is -2.32. The number of alkyl halides is 2. The molecule has 0 aliphatic carbocycles. The van der Waals surface area contributed by atoms with Crippen LogP contribution in [-0.2, 0) is 24.0 Å². The van der Waals surface area contributed by atoms with Gasteiger partial charge in [-0.3, -0.25) is 24.0 Å². The Balaban J connectivity index is 2.03. The molecule has 39 heavy (non-hydrogen) atoms. The number of amides is 5. The van der Waals surface area contributed by atoms with Crippen LogP contribution < -0.4 is 21.3 Å². The summed E-state index contributed by atoms with van der Waals surface area (Å²) >= 11 is 12.7. The van der Waals surface area contributed by atoms with E-state index in [9.17, 15) is 34.2 Å². The number of nitrogens with one attached hydrogen (secondary N) is 4. The maximum Gasteiger partial charge on any atom is 0.248 e. The van der Waals surface area contributed by atoms with Crippen molar-refractivity contribution in [1.29, 1.82) is 0 Å². The molecule has 2 saturated heterocycles. The SMILES string of the molecule is CC[C@@H]1NC(=O)[C@@H]2[C@H](Cl)[C@H](Cl)CN2C(=O)[C@H]([C@H](C)O)NC(=O)C[C@@H](c2ccccc2)NC(=O)[C@@H](CO)NC1=O. The van der Waals surface area contributed by atoms with Crippen molar-refractivity contribution in [2.45, 2.75) is 73.8 Å². The van der Waals surface area contributed by atoms with E-state index >= 15 is 0 Å². The molecule has 2 aliphatic rings. The zero-order chi connectivity index (χ0) is 28.9. The number of carbonyl (C=O) groups is 5. The number of hydrogen-bond acceptors (Lipinski definition) is 7. The minimum atomic E-state index is -1.45. The molecule has 0 saturated carbocycles. The fourth-order valence-corrected chi connectivity index (χ4v) is 5.17. The number of rotatable bonds is 4. The van der Waals surface area contributed by atoms with Crippen LogP contribution in [0.1, 0.15) is 38.3 Å². The van der Waals surface area contributed by atoms with Crippen LogP contribution >= 0.6 is 23.2 Å². The Labute approximate surface area is 235 Å². The molecule has 8 atom stereocenters. The van der Waals surface area contributed by atoms with Gasteiger partial charge in [0.15, 0.2) is 0 Å². The Morgan fingerprint density at radius 3 is 2.15 bits per heavy atom. The average Bonchev–Trinajstić information content (AvgIpc) is 3.21. The van der Waals surface area contributed by atoms with Crippen molar-refractivity contribution in [3.8, 4) is 0 Å². The lowest BCUT2D eigenvalue weighted by Crippen LogP contribution is -2.61. The van der Waals surface area contributed by atoms with Crippen molar-refractivity contribution >= 4 is 52.7 Å². The monoisotopic (exact) mass is 585 g/mol. The molecule has 14 heteroatoms. The van der Waals surface area contributed by atoms with Gasteiger partial charge in [0.1, 0.15) is 24.2 Å². The molecule has 2 heterocycles. The van der Waals surface area contributed by atoms with E-state index in [1.54, 1.807) is 37.3 Å². The number of fused-ring (bicyclic) bond motifs is 1. The predicted molar refractivity (Wildman–Crippen MR) is 142 cm³/mol. The summed E-state index contributed by atoms with van der Waals surface area (Å²) in [6.45, 7) is 2.05. The van der Waals surface area contributed by atoms with Crippen LogP contribution in [0.15, 0.2) is 30.3 Å². The lowest BCUT2D eigenvalue weighted by molar-refractivity contribution is -0.144. The van der Waals surface area contributed by atoms with E-state index in [4.69, 9.17) is 23.2 Å². The summed E-state index contributed by atoms with van der Waals surface area (Å²) in [6, 6.07) is 2.37. The molecule has 214 valence electrons. The standard InChI is InChI=1S/C25H33Cl2N5O7/c1-3-15-22(36)30-17(11-33)23(37)29-16(13-7-5-4-6-8-13)9-18(35)31-20(12(2)34)25(39)32-10-14(26)19(27)21(32)24(38)28-15/h4-8,12,14-17,19-21,33-34H,3,9-11H2,1-2H3,(H,28,38)(H,29,37)(H,30,36)(H,31,35)/t12-,14+,15-,16-,17+,19+,20-,21-/m0/s1. The first kappa shape index (κ1) is 30.6. The van der Waals surface area contributed by atoms with Crippen molar-refractivity contribution in [3.63, 3.8) is 0 Å². The van der Waals surface area contributed by atoms with Gasteiger partial charge in [-0.05, 0) is 18.9 Å². The Morgan fingerprint density at radius 1 is 0.949 bits per heavy atom. The van der Waals surface area contributed by atoms with E-state index in [1.807, 2.05) is 0 Å². The highest BCUT2D eigenvalue weighted by atomic mass is 35.5. The van der Waals surface area contributed by atoms with Crippen LogP contribution in [-0.4, -0.2) is 98.8 Å². The molecule has 0 radical (unpaired) electrons. The maximum atomic E-state index is 13.5. The van der Waals surface area contributed by atoms with Crippen LogP contribution in [0.4, 0.5) is 0 Å². The van der Waals surface area contributed by atoms with E-state index in [1.165, 1.54) is 6.92 Å². The van der Waals surface area contributed by atoms with E-state index in [0.29, 0.717) is 5.56 Å². The van der Waals surface area contributed by atoms with Gasteiger partial charge in [-0.15, -0.1) is 23.2 Å². The van der Waals surface area contributed by atoms with Crippen molar-refractivity contribution in [2.24, 2.45) is 0 Å². The summed E-state index contributed by atoms with van der Waals surface area (Å²) in [5, 5.41) is 28.5. The molecule has 5 amide bonds. The first-order valence-electron chi connectivity index (χ1n) is 12.6. The molecule has 1 aromatic carbocycles. The summed E-state index contributed by atoms with van der Waals surface area (Å²) < 4.78 is 0. The first-order chi connectivity index (χ1) is 18.5. The number of nitrogens with zero attached hydrogens (tertiary/aromatic N) is 1. The minimum absolute atomic E-state index is 0.119. The van der Waals surface area contributed by atoms with Crippen LogP contribution in [0.2, 0.25) is 0 Å².